The molecule has 0 N–H and O–H groups in total. The van der Waals surface area contributed by atoms with Crippen LogP contribution in [0.3, 0.4) is 0 Å². The summed E-state index contributed by atoms with van der Waals surface area (Å²) in [4.78, 5) is 3.53. The van der Waals surface area contributed by atoms with Crippen LogP contribution in [-0.4, -0.2) is 9.55 Å². The van der Waals surface area contributed by atoms with E-state index in [0.717, 1.165) is 51.5 Å². The molecule has 0 atom stereocenters. The smallest absolute Gasteiger partial charge is 0.308 e. The van der Waals surface area contributed by atoms with Crippen LogP contribution in [0.4, 0.5) is 22.0 Å². The summed E-state index contributed by atoms with van der Waals surface area (Å²) in [5.74, 6) is -2.09. The Bertz CT molecular complexity index is 1980. The van der Waals surface area contributed by atoms with Crippen LogP contribution in [0.1, 0.15) is 30.5 Å². The minimum Gasteiger partial charge on any atom is -0.308 e. The first kappa shape index (κ1) is 24.5. The van der Waals surface area contributed by atoms with Crippen molar-refractivity contribution in [1.82, 2.24) is 9.55 Å². The average molecular weight is 541 g/mol. The number of halogens is 5. The Balaban J connectivity index is 1.67. The lowest BCUT2D eigenvalue weighted by Crippen LogP contribution is -2.15. The molecule has 6 aromatic rings. The highest BCUT2D eigenvalue weighted by Crippen LogP contribution is 2.52. The summed E-state index contributed by atoms with van der Waals surface area (Å²) in [5.41, 5.74) is 2.72. The third-order valence-electron chi connectivity index (χ3n) is 8.06. The number of benzene rings is 4. The highest BCUT2D eigenvalue weighted by atomic mass is 19.4. The van der Waals surface area contributed by atoms with E-state index in [1.165, 1.54) is 16.7 Å². The van der Waals surface area contributed by atoms with Crippen molar-refractivity contribution >= 4 is 21.8 Å². The van der Waals surface area contributed by atoms with Gasteiger partial charge in [0.2, 0.25) is 0 Å². The van der Waals surface area contributed by atoms with Crippen molar-refractivity contribution in [1.29, 1.82) is 0 Å². The van der Waals surface area contributed by atoms with Crippen molar-refractivity contribution < 1.29 is 22.0 Å². The van der Waals surface area contributed by atoms with E-state index < -0.39 is 34.4 Å². The van der Waals surface area contributed by atoms with Crippen molar-refractivity contribution in [3.63, 3.8) is 0 Å². The van der Waals surface area contributed by atoms with E-state index >= 15 is 8.78 Å². The quantitative estimate of drug-likeness (QED) is 0.200. The van der Waals surface area contributed by atoms with Crippen LogP contribution >= 0.6 is 0 Å². The van der Waals surface area contributed by atoms with Gasteiger partial charge in [0.15, 0.2) is 11.6 Å². The monoisotopic (exact) mass is 540 g/mol. The maximum Gasteiger partial charge on any atom is 0.418 e. The molecule has 1 aliphatic carbocycles. The van der Waals surface area contributed by atoms with Crippen LogP contribution in [0.2, 0.25) is 0 Å². The summed E-state index contributed by atoms with van der Waals surface area (Å²) in [5, 5.41) is 1.49. The van der Waals surface area contributed by atoms with Gasteiger partial charge in [0.25, 0.3) is 0 Å². The molecule has 0 aliphatic heterocycles. The van der Waals surface area contributed by atoms with E-state index in [1.54, 1.807) is 12.1 Å². The third kappa shape index (κ3) is 3.30. The van der Waals surface area contributed by atoms with E-state index in [4.69, 9.17) is 0 Å². The van der Waals surface area contributed by atoms with Gasteiger partial charge in [0.1, 0.15) is 0 Å². The van der Waals surface area contributed by atoms with Crippen LogP contribution in [0, 0.1) is 11.6 Å². The Morgan fingerprint density at radius 2 is 1.35 bits per heavy atom. The minimum absolute atomic E-state index is 0.210. The summed E-state index contributed by atoms with van der Waals surface area (Å²) in [6.45, 7) is 4.18. The maximum absolute atomic E-state index is 15.1. The van der Waals surface area contributed by atoms with E-state index in [-0.39, 0.29) is 11.3 Å². The Labute approximate surface area is 226 Å². The molecule has 2 nitrogen and oxygen atoms in total. The number of hydrogen-bond acceptors (Lipinski definition) is 1. The number of pyridine rings is 1. The van der Waals surface area contributed by atoms with Crippen LogP contribution in [0.25, 0.3) is 49.7 Å². The van der Waals surface area contributed by atoms with Crippen molar-refractivity contribution in [2.24, 2.45) is 0 Å². The predicted molar refractivity (Wildman–Crippen MR) is 146 cm³/mol. The van der Waals surface area contributed by atoms with Crippen molar-refractivity contribution in [3.8, 4) is 27.9 Å². The molecule has 4 aromatic carbocycles. The molecule has 2 heterocycles. The molecule has 0 unspecified atom stereocenters. The van der Waals surface area contributed by atoms with Crippen LogP contribution in [0.5, 0.6) is 0 Å². The molecule has 0 saturated heterocycles. The first-order valence-corrected chi connectivity index (χ1v) is 12.8. The topological polar surface area (TPSA) is 17.8 Å². The number of hydrogen-bond donors (Lipinski definition) is 0. The first-order valence-electron chi connectivity index (χ1n) is 12.8. The van der Waals surface area contributed by atoms with Gasteiger partial charge in [-0.2, -0.15) is 13.2 Å². The molecular weight excluding hydrogens is 519 g/mol. The molecule has 0 fully saturated rings. The van der Waals surface area contributed by atoms with Crippen LogP contribution in [-0.2, 0) is 11.6 Å². The van der Waals surface area contributed by atoms with Gasteiger partial charge in [-0.05, 0) is 46.5 Å². The van der Waals surface area contributed by atoms with Gasteiger partial charge in [0, 0.05) is 21.8 Å². The number of alkyl halides is 3. The molecule has 40 heavy (non-hydrogen) atoms. The van der Waals surface area contributed by atoms with Gasteiger partial charge in [-0.25, -0.2) is 8.78 Å². The molecule has 7 rings (SSSR count). The summed E-state index contributed by atoms with van der Waals surface area (Å²) >= 11 is 0. The zero-order valence-corrected chi connectivity index (χ0v) is 21.4. The number of aromatic nitrogens is 2. The van der Waals surface area contributed by atoms with Gasteiger partial charge in [-0.15, -0.1) is 0 Å². The fourth-order valence-corrected chi connectivity index (χ4v) is 6.29. The lowest BCUT2D eigenvalue weighted by molar-refractivity contribution is -0.137. The molecule has 0 saturated carbocycles. The standard InChI is InChI=1S/C33H21F5N2/c1-32(2)23-11-5-3-8-18(23)21-14-22-19-9-4-6-13-28(19)40(29(22)15-25(21)32)31-20(10-7-12-24(31)33(36,37)38)30-26(34)16-39-17-27(30)35/h3-17H,1-2H3. The normalized spacial score (nSPS) is 14.1. The number of rotatable bonds is 2. The number of nitrogens with zero attached hydrogens (tertiary/aromatic N) is 2. The Morgan fingerprint density at radius 3 is 2.10 bits per heavy atom. The molecule has 0 amide bonds. The molecule has 0 radical (unpaired) electrons. The van der Waals surface area contributed by atoms with E-state index in [2.05, 4.69) is 31.0 Å². The lowest BCUT2D eigenvalue weighted by atomic mass is 9.82. The zero-order valence-electron chi connectivity index (χ0n) is 21.4. The van der Waals surface area contributed by atoms with E-state index in [0.29, 0.717) is 11.0 Å². The lowest BCUT2D eigenvalue weighted by Gasteiger charge is -2.23. The highest BCUT2D eigenvalue weighted by molar-refractivity contribution is 6.12. The fourth-order valence-electron chi connectivity index (χ4n) is 6.29. The molecule has 1 aliphatic rings. The average Bonchev–Trinajstić information content (AvgIpc) is 3.36. The second-order valence-corrected chi connectivity index (χ2v) is 10.6. The Kier molecular flexibility index (Phi) is 5.05. The Hall–Kier alpha value is -4.52. The highest BCUT2D eigenvalue weighted by Gasteiger charge is 2.39. The largest absolute Gasteiger partial charge is 0.418 e. The predicted octanol–water partition coefficient (Wildman–Crippen LogP) is 9.45. The van der Waals surface area contributed by atoms with Crippen molar-refractivity contribution in [2.75, 3.05) is 0 Å². The van der Waals surface area contributed by atoms with Gasteiger partial charge in [-0.3, -0.25) is 4.98 Å². The van der Waals surface area contributed by atoms with Gasteiger partial charge >= 0.3 is 6.18 Å². The van der Waals surface area contributed by atoms with E-state index in [9.17, 15) is 13.2 Å². The third-order valence-corrected chi connectivity index (χ3v) is 8.06. The molecule has 7 heteroatoms. The Morgan fingerprint density at radius 1 is 0.675 bits per heavy atom. The zero-order chi connectivity index (χ0) is 28.0. The summed E-state index contributed by atoms with van der Waals surface area (Å²) in [7, 11) is 0. The van der Waals surface area contributed by atoms with Crippen molar-refractivity contribution in [3.05, 3.63) is 120 Å². The van der Waals surface area contributed by atoms with Crippen LogP contribution in [0.15, 0.2) is 91.3 Å². The van der Waals surface area contributed by atoms with Gasteiger partial charge in [0.05, 0.1) is 40.2 Å². The van der Waals surface area contributed by atoms with Crippen LogP contribution < -0.4 is 0 Å². The molecular formula is C33H21F5N2. The van der Waals surface area contributed by atoms with Gasteiger partial charge < -0.3 is 4.57 Å². The maximum atomic E-state index is 15.1. The number of para-hydroxylation sites is 2. The summed E-state index contributed by atoms with van der Waals surface area (Å²) in [6, 6.07) is 22.6. The fraction of sp³-hybridized carbons (Fsp3) is 0.121. The second kappa shape index (κ2) is 8.24. The molecule has 198 valence electrons. The molecule has 0 bridgehead atoms. The molecule has 2 aromatic heterocycles. The van der Waals surface area contributed by atoms with E-state index in [1.807, 2.05) is 36.4 Å². The number of fused-ring (bicyclic) bond motifs is 6. The summed E-state index contributed by atoms with van der Waals surface area (Å²) < 4.78 is 75.5. The minimum atomic E-state index is -4.80. The SMILES string of the molecule is CC1(C)c2ccccc2-c2cc3c4ccccc4n(-c4c(-c5c(F)cncc5F)cccc4C(F)(F)F)c3cc21. The molecule has 0 spiro atoms. The summed E-state index contributed by atoms with van der Waals surface area (Å²) in [6.07, 6.45) is -3.18. The van der Waals surface area contributed by atoms with Crippen molar-refractivity contribution in [2.45, 2.75) is 25.4 Å². The second-order valence-electron chi connectivity index (χ2n) is 10.6. The van der Waals surface area contributed by atoms with Gasteiger partial charge in [-0.1, -0.05) is 68.4 Å². The first-order chi connectivity index (χ1) is 19.1.